The van der Waals surface area contributed by atoms with Gasteiger partial charge in [0, 0.05) is 17.5 Å². The van der Waals surface area contributed by atoms with Gasteiger partial charge < -0.3 is 15.8 Å². The maximum absolute atomic E-state index is 12.2. The number of carbonyl (C=O) groups excluding carboxylic acids is 1. The summed E-state index contributed by atoms with van der Waals surface area (Å²) >= 11 is 1.47. The average molecular weight is 345 g/mol. The second-order valence-electron chi connectivity index (χ2n) is 6.03. The van der Waals surface area contributed by atoms with Gasteiger partial charge in [-0.15, -0.1) is 11.3 Å². The van der Waals surface area contributed by atoms with Crippen molar-refractivity contribution < 1.29 is 9.53 Å². The van der Waals surface area contributed by atoms with Crippen molar-refractivity contribution >= 4 is 22.9 Å². The van der Waals surface area contributed by atoms with E-state index in [1.807, 2.05) is 24.3 Å². The quantitative estimate of drug-likeness (QED) is 0.807. The van der Waals surface area contributed by atoms with E-state index in [1.54, 1.807) is 5.38 Å². The zero-order chi connectivity index (χ0) is 16.8. The van der Waals surface area contributed by atoms with Crippen LogP contribution in [0, 0.1) is 0 Å². The highest BCUT2D eigenvalue weighted by molar-refractivity contribution is 7.09. The van der Waals surface area contributed by atoms with Gasteiger partial charge in [-0.3, -0.25) is 4.79 Å². The first-order valence-electron chi connectivity index (χ1n) is 8.41. The molecule has 0 bridgehead atoms. The largest absolute Gasteiger partial charge is 0.374 e. The van der Waals surface area contributed by atoms with E-state index in [9.17, 15) is 4.79 Å². The Hall–Kier alpha value is -1.76. The van der Waals surface area contributed by atoms with Crippen LogP contribution in [-0.4, -0.2) is 23.5 Å². The zero-order valence-corrected chi connectivity index (χ0v) is 14.5. The SMILES string of the molecule is NCCc1nc(C(=O)Nc2ccc(COC3CCCC3)cc2)cs1. The third-order valence-corrected chi connectivity index (χ3v) is 5.05. The molecule has 3 N–H and O–H groups in total. The number of hydrogen-bond donors (Lipinski definition) is 2. The number of hydrogen-bond acceptors (Lipinski definition) is 5. The molecule has 1 aromatic carbocycles. The van der Waals surface area contributed by atoms with E-state index in [-0.39, 0.29) is 5.91 Å². The number of amides is 1. The second-order valence-corrected chi connectivity index (χ2v) is 6.98. The summed E-state index contributed by atoms with van der Waals surface area (Å²) in [5.41, 5.74) is 7.83. The van der Waals surface area contributed by atoms with E-state index in [0.29, 0.717) is 31.4 Å². The van der Waals surface area contributed by atoms with Gasteiger partial charge >= 0.3 is 0 Å². The summed E-state index contributed by atoms with van der Waals surface area (Å²) in [7, 11) is 0. The van der Waals surface area contributed by atoms with Crippen LogP contribution in [0.1, 0.15) is 46.7 Å². The Kier molecular flexibility index (Phi) is 5.96. The predicted octanol–water partition coefficient (Wildman–Crippen LogP) is 3.36. The molecule has 1 saturated carbocycles. The first-order valence-corrected chi connectivity index (χ1v) is 9.29. The van der Waals surface area contributed by atoms with Crippen LogP contribution in [-0.2, 0) is 17.8 Å². The molecular formula is C18H23N3O2S. The molecule has 6 heteroatoms. The molecule has 1 fully saturated rings. The Morgan fingerprint density at radius 2 is 2.04 bits per heavy atom. The monoisotopic (exact) mass is 345 g/mol. The van der Waals surface area contributed by atoms with Crippen LogP contribution in [0.3, 0.4) is 0 Å². The number of nitrogens with zero attached hydrogens (tertiary/aromatic N) is 1. The van der Waals surface area contributed by atoms with Crippen LogP contribution in [0.4, 0.5) is 5.69 Å². The number of nitrogens with two attached hydrogens (primary N) is 1. The molecule has 128 valence electrons. The summed E-state index contributed by atoms with van der Waals surface area (Å²) in [6.45, 7) is 1.17. The molecule has 1 aliphatic rings. The Bertz CT molecular complexity index is 663. The fourth-order valence-electron chi connectivity index (χ4n) is 2.80. The highest BCUT2D eigenvalue weighted by atomic mass is 32.1. The van der Waals surface area contributed by atoms with Crippen LogP contribution in [0.5, 0.6) is 0 Å². The molecule has 0 unspecified atom stereocenters. The van der Waals surface area contributed by atoms with Crippen LogP contribution >= 0.6 is 11.3 Å². The lowest BCUT2D eigenvalue weighted by Gasteiger charge is -2.11. The van der Waals surface area contributed by atoms with Gasteiger partial charge in [0.2, 0.25) is 0 Å². The van der Waals surface area contributed by atoms with Crippen molar-refractivity contribution in [3.05, 3.63) is 45.9 Å². The summed E-state index contributed by atoms with van der Waals surface area (Å²) in [6, 6.07) is 7.79. The Morgan fingerprint density at radius 1 is 1.29 bits per heavy atom. The lowest BCUT2D eigenvalue weighted by atomic mass is 10.2. The number of ether oxygens (including phenoxy) is 1. The van der Waals surface area contributed by atoms with E-state index >= 15 is 0 Å². The number of anilines is 1. The first kappa shape index (κ1) is 17.1. The van der Waals surface area contributed by atoms with Gasteiger partial charge in [0.05, 0.1) is 17.7 Å². The van der Waals surface area contributed by atoms with Crippen molar-refractivity contribution in [2.24, 2.45) is 5.73 Å². The zero-order valence-electron chi connectivity index (χ0n) is 13.7. The molecule has 1 aromatic heterocycles. The van der Waals surface area contributed by atoms with Gasteiger partial charge in [-0.25, -0.2) is 4.98 Å². The summed E-state index contributed by atoms with van der Waals surface area (Å²) < 4.78 is 5.90. The summed E-state index contributed by atoms with van der Waals surface area (Å²) in [4.78, 5) is 16.5. The van der Waals surface area contributed by atoms with Gasteiger partial charge in [-0.05, 0) is 37.1 Å². The minimum atomic E-state index is -0.190. The molecule has 1 heterocycles. The molecule has 0 atom stereocenters. The van der Waals surface area contributed by atoms with E-state index in [4.69, 9.17) is 10.5 Å². The van der Waals surface area contributed by atoms with Crippen LogP contribution in [0.2, 0.25) is 0 Å². The van der Waals surface area contributed by atoms with Crippen molar-refractivity contribution in [3.63, 3.8) is 0 Å². The number of carbonyl (C=O) groups is 1. The predicted molar refractivity (Wildman–Crippen MR) is 96.3 cm³/mol. The number of rotatable bonds is 7. The first-order chi connectivity index (χ1) is 11.7. The summed E-state index contributed by atoms with van der Waals surface area (Å²) in [5, 5.41) is 5.53. The van der Waals surface area contributed by atoms with Crippen molar-refractivity contribution in [3.8, 4) is 0 Å². The van der Waals surface area contributed by atoms with Crippen molar-refractivity contribution in [2.45, 2.75) is 44.8 Å². The maximum atomic E-state index is 12.2. The van der Waals surface area contributed by atoms with Crippen molar-refractivity contribution in [1.29, 1.82) is 0 Å². The van der Waals surface area contributed by atoms with E-state index in [0.717, 1.165) is 16.3 Å². The molecule has 0 aliphatic heterocycles. The highest BCUT2D eigenvalue weighted by Gasteiger charge is 2.15. The van der Waals surface area contributed by atoms with Gasteiger partial charge in [0.25, 0.3) is 5.91 Å². The topological polar surface area (TPSA) is 77.2 Å². The maximum Gasteiger partial charge on any atom is 0.275 e. The molecule has 1 aliphatic carbocycles. The minimum Gasteiger partial charge on any atom is -0.374 e. The molecular weight excluding hydrogens is 322 g/mol. The number of aromatic nitrogens is 1. The Balaban J connectivity index is 1.51. The Labute approximate surface area is 146 Å². The van der Waals surface area contributed by atoms with Gasteiger partial charge in [-0.2, -0.15) is 0 Å². The van der Waals surface area contributed by atoms with Crippen molar-refractivity contribution in [2.75, 3.05) is 11.9 Å². The van der Waals surface area contributed by atoms with Crippen LogP contribution < -0.4 is 11.1 Å². The van der Waals surface area contributed by atoms with Crippen LogP contribution in [0.15, 0.2) is 29.6 Å². The summed E-state index contributed by atoms with van der Waals surface area (Å²) in [5.74, 6) is -0.190. The van der Waals surface area contributed by atoms with E-state index < -0.39 is 0 Å². The smallest absolute Gasteiger partial charge is 0.275 e. The molecule has 3 rings (SSSR count). The molecule has 0 radical (unpaired) electrons. The highest BCUT2D eigenvalue weighted by Crippen LogP contribution is 2.22. The third kappa shape index (κ3) is 4.63. The number of nitrogens with one attached hydrogen (secondary N) is 1. The molecule has 24 heavy (non-hydrogen) atoms. The number of thiazole rings is 1. The molecule has 5 nitrogen and oxygen atoms in total. The van der Waals surface area contributed by atoms with Gasteiger partial charge in [-0.1, -0.05) is 25.0 Å². The normalized spacial score (nSPS) is 14.9. The number of benzene rings is 1. The Morgan fingerprint density at radius 3 is 2.75 bits per heavy atom. The standard InChI is InChI=1S/C18H23N3O2S/c19-10-9-17-21-16(12-24-17)18(22)20-14-7-5-13(6-8-14)11-23-15-3-1-2-4-15/h5-8,12,15H,1-4,9-11,19H2,(H,20,22). The molecule has 0 saturated heterocycles. The average Bonchev–Trinajstić information content (AvgIpc) is 3.26. The second kappa shape index (κ2) is 8.37. The van der Waals surface area contributed by atoms with Gasteiger partial charge in [0.1, 0.15) is 5.69 Å². The third-order valence-electron chi connectivity index (χ3n) is 4.14. The molecule has 2 aromatic rings. The lowest BCUT2D eigenvalue weighted by Crippen LogP contribution is -2.13. The molecule has 1 amide bonds. The van der Waals surface area contributed by atoms with Crippen LogP contribution in [0.25, 0.3) is 0 Å². The lowest BCUT2D eigenvalue weighted by molar-refractivity contribution is 0.0457. The van der Waals surface area contributed by atoms with Gasteiger partial charge in [0.15, 0.2) is 0 Å². The van der Waals surface area contributed by atoms with E-state index in [2.05, 4.69) is 10.3 Å². The minimum absolute atomic E-state index is 0.190. The fourth-order valence-corrected chi connectivity index (χ4v) is 3.60. The van der Waals surface area contributed by atoms with Crippen molar-refractivity contribution in [1.82, 2.24) is 4.98 Å². The van der Waals surface area contributed by atoms with E-state index in [1.165, 1.54) is 37.0 Å². The summed E-state index contributed by atoms with van der Waals surface area (Å²) in [6.07, 6.45) is 6.02. The molecule has 0 spiro atoms. The fraction of sp³-hybridized carbons (Fsp3) is 0.444.